The Bertz CT molecular complexity index is 504. The number of hydrogen-bond acceptors (Lipinski definition) is 3. The lowest BCUT2D eigenvalue weighted by molar-refractivity contribution is 0.0758. The predicted molar refractivity (Wildman–Crippen MR) is 86.9 cm³/mol. The normalized spacial score (nSPS) is 19.5. The van der Waals surface area contributed by atoms with Crippen molar-refractivity contribution in [1.29, 1.82) is 0 Å². The van der Waals surface area contributed by atoms with Crippen LogP contribution in [0.5, 0.6) is 0 Å². The molecule has 1 amide bonds. The van der Waals surface area contributed by atoms with Gasteiger partial charge in [0, 0.05) is 25.7 Å². The van der Waals surface area contributed by atoms with E-state index in [0.717, 1.165) is 31.8 Å². The van der Waals surface area contributed by atoms with Crippen molar-refractivity contribution in [2.75, 3.05) is 25.5 Å². The highest BCUT2D eigenvalue weighted by atomic mass is 35.5. The summed E-state index contributed by atoms with van der Waals surface area (Å²) in [6.45, 7) is 6.20. The summed E-state index contributed by atoms with van der Waals surface area (Å²) in [4.78, 5) is 18.7. The highest BCUT2D eigenvalue weighted by molar-refractivity contribution is 6.29. The molecule has 0 bridgehead atoms. The van der Waals surface area contributed by atoms with Gasteiger partial charge in [0.2, 0.25) is 0 Å². The molecule has 1 fully saturated rings. The van der Waals surface area contributed by atoms with Crippen LogP contribution in [0.15, 0.2) is 12.1 Å². The lowest BCUT2D eigenvalue weighted by atomic mass is 9.89. The van der Waals surface area contributed by atoms with Gasteiger partial charge < -0.3 is 10.2 Å². The minimum atomic E-state index is 0.0557. The van der Waals surface area contributed by atoms with E-state index in [1.54, 1.807) is 19.2 Å². The Morgan fingerprint density at radius 1 is 1.38 bits per heavy atom. The largest absolute Gasteiger partial charge is 0.373 e. The van der Waals surface area contributed by atoms with Crippen molar-refractivity contribution in [3.05, 3.63) is 22.8 Å². The van der Waals surface area contributed by atoms with Crippen LogP contribution in [-0.4, -0.2) is 35.9 Å². The number of carbonyl (C=O) groups excluding carboxylic acids is 1. The van der Waals surface area contributed by atoms with E-state index in [-0.39, 0.29) is 5.91 Å². The lowest BCUT2D eigenvalue weighted by Crippen LogP contribution is -2.32. The second-order valence-corrected chi connectivity index (χ2v) is 6.43. The number of carbonyl (C=O) groups is 1. The molecule has 2 heterocycles. The number of nitrogens with zero attached hydrogens (tertiary/aromatic N) is 2. The predicted octanol–water partition coefficient (Wildman–Crippen LogP) is 3.68. The molecule has 0 aromatic carbocycles. The number of hydrogen-bond donors (Lipinski definition) is 1. The van der Waals surface area contributed by atoms with Crippen molar-refractivity contribution >= 4 is 23.3 Å². The van der Waals surface area contributed by atoms with Crippen LogP contribution in [0, 0.1) is 11.8 Å². The fourth-order valence-electron chi connectivity index (χ4n) is 2.92. The summed E-state index contributed by atoms with van der Waals surface area (Å²) in [7, 11) is 1.77. The molecule has 5 heteroatoms. The molecule has 1 aromatic rings. The van der Waals surface area contributed by atoms with Crippen molar-refractivity contribution < 1.29 is 4.79 Å². The smallest absolute Gasteiger partial charge is 0.254 e. The fourth-order valence-corrected chi connectivity index (χ4v) is 3.13. The first-order chi connectivity index (χ1) is 10.0. The molecule has 1 N–H and O–H groups in total. The fraction of sp³-hybridized carbons (Fsp3) is 0.625. The van der Waals surface area contributed by atoms with E-state index in [4.69, 9.17) is 11.6 Å². The minimum Gasteiger partial charge on any atom is -0.373 e. The summed E-state index contributed by atoms with van der Waals surface area (Å²) < 4.78 is 0. The molecule has 1 aromatic heterocycles. The molecule has 1 aliphatic rings. The number of anilines is 1. The molecule has 0 aliphatic carbocycles. The Morgan fingerprint density at radius 2 is 2.14 bits per heavy atom. The van der Waals surface area contributed by atoms with Gasteiger partial charge in [0.05, 0.1) is 0 Å². The molecule has 0 spiro atoms. The number of rotatable bonds is 3. The van der Waals surface area contributed by atoms with Gasteiger partial charge in [-0.2, -0.15) is 0 Å². The average Bonchev–Trinajstić information content (AvgIpc) is 2.71. The van der Waals surface area contributed by atoms with Crippen molar-refractivity contribution in [1.82, 2.24) is 9.88 Å². The maximum absolute atomic E-state index is 12.7. The molecule has 1 saturated heterocycles. The summed E-state index contributed by atoms with van der Waals surface area (Å²) >= 11 is 5.99. The molecule has 1 atom stereocenters. The molecule has 2 rings (SSSR count). The molecule has 21 heavy (non-hydrogen) atoms. The third-order valence-electron chi connectivity index (χ3n) is 4.30. The highest BCUT2D eigenvalue weighted by Gasteiger charge is 2.23. The van der Waals surface area contributed by atoms with Gasteiger partial charge in [-0.1, -0.05) is 25.4 Å². The molecule has 0 radical (unpaired) electrons. The van der Waals surface area contributed by atoms with Gasteiger partial charge in [-0.05, 0) is 43.2 Å². The van der Waals surface area contributed by atoms with Crippen LogP contribution in [-0.2, 0) is 0 Å². The van der Waals surface area contributed by atoms with Crippen molar-refractivity contribution in [2.45, 2.75) is 33.1 Å². The zero-order valence-electron chi connectivity index (χ0n) is 13.0. The molecule has 1 aliphatic heterocycles. The summed E-state index contributed by atoms with van der Waals surface area (Å²) in [5.41, 5.74) is 0.613. The topological polar surface area (TPSA) is 45.2 Å². The first-order valence-corrected chi connectivity index (χ1v) is 8.03. The van der Waals surface area contributed by atoms with Gasteiger partial charge in [0.25, 0.3) is 5.91 Å². The van der Waals surface area contributed by atoms with Crippen LogP contribution in [0.2, 0.25) is 5.15 Å². The maximum atomic E-state index is 12.7. The standard InChI is InChI=1S/C16H24ClN3O/c1-11(2)12-5-4-7-20(8-6-12)16(21)13-9-14(17)19-15(10-13)18-3/h9-12H,4-8H2,1-3H3,(H,18,19). The van der Waals surface area contributed by atoms with E-state index in [9.17, 15) is 4.79 Å². The van der Waals surface area contributed by atoms with Crippen LogP contribution in [0.4, 0.5) is 5.82 Å². The Balaban J connectivity index is 2.11. The van der Waals surface area contributed by atoms with E-state index in [1.165, 1.54) is 6.42 Å². The molecular weight excluding hydrogens is 286 g/mol. The molecule has 116 valence electrons. The van der Waals surface area contributed by atoms with E-state index >= 15 is 0 Å². The zero-order valence-corrected chi connectivity index (χ0v) is 13.8. The van der Waals surface area contributed by atoms with Crippen molar-refractivity contribution in [2.24, 2.45) is 11.8 Å². The van der Waals surface area contributed by atoms with Gasteiger partial charge in [-0.25, -0.2) is 4.98 Å². The van der Waals surface area contributed by atoms with Crippen LogP contribution < -0.4 is 5.32 Å². The monoisotopic (exact) mass is 309 g/mol. The molecule has 4 nitrogen and oxygen atoms in total. The Labute approximate surface area is 131 Å². The summed E-state index contributed by atoms with van der Waals surface area (Å²) in [5, 5.41) is 3.28. The Hall–Kier alpha value is -1.29. The van der Waals surface area contributed by atoms with E-state index in [0.29, 0.717) is 22.5 Å². The van der Waals surface area contributed by atoms with E-state index < -0.39 is 0 Å². The summed E-state index contributed by atoms with van der Waals surface area (Å²) in [6, 6.07) is 3.41. The minimum absolute atomic E-state index is 0.0557. The second-order valence-electron chi connectivity index (χ2n) is 6.04. The molecular formula is C16H24ClN3O. The highest BCUT2D eigenvalue weighted by Crippen LogP contribution is 2.25. The number of likely N-dealkylation sites (tertiary alicyclic amines) is 1. The maximum Gasteiger partial charge on any atom is 0.254 e. The quantitative estimate of drug-likeness (QED) is 0.866. The molecule has 0 saturated carbocycles. The van der Waals surface area contributed by atoms with Crippen molar-refractivity contribution in [3.8, 4) is 0 Å². The zero-order chi connectivity index (χ0) is 15.4. The Morgan fingerprint density at radius 3 is 2.81 bits per heavy atom. The second kappa shape index (κ2) is 7.12. The van der Waals surface area contributed by atoms with Crippen LogP contribution in [0.25, 0.3) is 0 Å². The van der Waals surface area contributed by atoms with Crippen LogP contribution in [0.3, 0.4) is 0 Å². The number of nitrogens with one attached hydrogen (secondary N) is 1. The van der Waals surface area contributed by atoms with Gasteiger partial charge in [-0.3, -0.25) is 4.79 Å². The van der Waals surface area contributed by atoms with Crippen LogP contribution >= 0.6 is 11.6 Å². The van der Waals surface area contributed by atoms with E-state index in [2.05, 4.69) is 24.1 Å². The third kappa shape index (κ3) is 4.10. The van der Waals surface area contributed by atoms with Gasteiger partial charge >= 0.3 is 0 Å². The lowest BCUT2D eigenvalue weighted by Gasteiger charge is -2.22. The number of halogens is 1. The number of aromatic nitrogens is 1. The summed E-state index contributed by atoms with van der Waals surface area (Å²) in [6.07, 6.45) is 3.37. The van der Waals surface area contributed by atoms with Gasteiger partial charge in [-0.15, -0.1) is 0 Å². The molecule has 1 unspecified atom stereocenters. The third-order valence-corrected chi connectivity index (χ3v) is 4.49. The SMILES string of the molecule is CNc1cc(C(=O)N2CCCC(C(C)C)CC2)cc(Cl)n1. The van der Waals surface area contributed by atoms with Gasteiger partial charge in [0.1, 0.15) is 11.0 Å². The van der Waals surface area contributed by atoms with Gasteiger partial charge in [0.15, 0.2) is 0 Å². The van der Waals surface area contributed by atoms with Crippen LogP contribution in [0.1, 0.15) is 43.5 Å². The average molecular weight is 310 g/mol. The number of amides is 1. The summed E-state index contributed by atoms with van der Waals surface area (Å²) in [5.74, 6) is 2.09. The Kier molecular flexibility index (Phi) is 5.45. The van der Waals surface area contributed by atoms with E-state index in [1.807, 2.05) is 4.90 Å². The number of pyridine rings is 1. The van der Waals surface area contributed by atoms with Crippen molar-refractivity contribution in [3.63, 3.8) is 0 Å². The first-order valence-electron chi connectivity index (χ1n) is 7.66. The first kappa shape index (κ1) is 16.1.